The summed E-state index contributed by atoms with van der Waals surface area (Å²) < 4.78 is 0. The van der Waals surface area contributed by atoms with Gasteiger partial charge in [0.15, 0.2) is 0 Å². The molecule has 1 atom stereocenters. The molecule has 0 heterocycles. The molecule has 1 unspecified atom stereocenters. The third kappa shape index (κ3) is 6.25. The third-order valence-corrected chi connectivity index (χ3v) is 5.78. The van der Waals surface area contributed by atoms with E-state index < -0.39 is 0 Å². The molecule has 4 N–H and O–H groups in total. The second kappa shape index (κ2) is 11.1. The zero-order valence-corrected chi connectivity index (χ0v) is 19.7. The summed E-state index contributed by atoms with van der Waals surface area (Å²) in [6.07, 6.45) is 10.7. The predicted octanol–water partition coefficient (Wildman–Crippen LogP) is 6.02. The smallest absolute Gasteiger partial charge is 0.106 e. The topological polar surface area (TPSA) is 62.4 Å². The Labute approximate surface area is 183 Å². The van der Waals surface area contributed by atoms with Gasteiger partial charge in [0.05, 0.1) is 22.9 Å². The normalized spacial score (nSPS) is 17.3. The summed E-state index contributed by atoms with van der Waals surface area (Å²) in [6.45, 7) is 12.7. The van der Waals surface area contributed by atoms with Gasteiger partial charge in [0.2, 0.25) is 0 Å². The molecule has 1 aliphatic rings. The number of rotatable bonds is 10. The standard InChI is InChI=1S/C26H40N4/c1-7-17-26(6,30-25(27)21-14-12-15-21)29-23(9-3)19(5)28-24(10-4)22-16-11-13-20(8-2)18-22/h9-11,13,16,18,29-30H,7-8,12,14-15,17,27H2,1-6H3/b23-9-,24-10-,28-19+. The molecule has 0 bridgehead atoms. The van der Waals surface area contributed by atoms with Crippen LogP contribution in [0.3, 0.4) is 0 Å². The third-order valence-electron chi connectivity index (χ3n) is 5.78. The Kier molecular flexibility index (Phi) is 8.76. The molecule has 0 spiro atoms. The van der Waals surface area contributed by atoms with Crippen LogP contribution in [0.15, 0.2) is 58.5 Å². The van der Waals surface area contributed by atoms with Gasteiger partial charge in [0, 0.05) is 5.56 Å². The summed E-state index contributed by atoms with van der Waals surface area (Å²) in [5.41, 5.74) is 12.8. The van der Waals surface area contributed by atoms with Crippen molar-refractivity contribution in [2.45, 2.75) is 85.7 Å². The molecule has 164 valence electrons. The van der Waals surface area contributed by atoms with Crippen LogP contribution in [-0.2, 0) is 6.42 Å². The minimum Gasteiger partial charge on any atom is -0.386 e. The number of nitrogens with two attached hydrogens (primary N) is 1. The highest BCUT2D eigenvalue weighted by Gasteiger charge is 2.26. The van der Waals surface area contributed by atoms with Crippen molar-refractivity contribution in [3.8, 4) is 0 Å². The van der Waals surface area contributed by atoms with Gasteiger partial charge in [-0.05, 0) is 77.0 Å². The van der Waals surface area contributed by atoms with Gasteiger partial charge in [-0.1, -0.05) is 50.6 Å². The van der Waals surface area contributed by atoms with E-state index in [-0.39, 0.29) is 5.66 Å². The van der Waals surface area contributed by atoms with E-state index in [9.17, 15) is 0 Å². The first kappa shape index (κ1) is 23.8. The Morgan fingerprint density at radius 3 is 2.43 bits per heavy atom. The Bertz CT molecular complexity index is 838. The number of benzene rings is 1. The van der Waals surface area contributed by atoms with Crippen LogP contribution in [0.4, 0.5) is 0 Å². The van der Waals surface area contributed by atoms with Crippen molar-refractivity contribution < 1.29 is 0 Å². The van der Waals surface area contributed by atoms with E-state index in [1.807, 2.05) is 6.92 Å². The van der Waals surface area contributed by atoms with Crippen molar-refractivity contribution in [2.24, 2.45) is 10.7 Å². The summed E-state index contributed by atoms with van der Waals surface area (Å²) >= 11 is 0. The van der Waals surface area contributed by atoms with Gasteiger partial charge in [-0.25, -0.2) is 0 Å². The molecule has 1 aromatic carbocycles. The molecule has 1 aromatic rings. The Morgan fingerprint density at radius 1 is 1.17 bits per heavy atom. The zero-order chi connectivity index (χ0) is 22.1. The van der Waals surface area contributed by atoms with Gasteiger partial charge in [0.25, 0.3) is 0 Å². The molecule has 0 saturated heterocycles. The minimum absolute atomic E-state index is 0.321. The predicted molar refractivity (Wildman–Crippen MR) is 131 cm³/mol. The highest BCUT2D eigenvalue weighted by Crippen LogP contribution is 2.27. The van der Waals surface area contributed by atoms with Gasteiger partial charge >= 0.3 is 0 Å². The van der Waals surface area contributed by atoms with Crippen LogP contribution in [0.5, 0.6) is 0 Å². The van der Waals surface area contributed by atoms with E-state index >= 15 is 0 Å². The molecule has 4 nitrogen and oxygen atoms in total. The molecule has 0 radical (unpaired) electrons. The van der Waals surface area contributed by atoms with Crippen molar-refractivity contribution >= 4 is 11.4 Å². The molecule has 0 amide bonds. The first-order valence-corrected chi connectivity index (χ1v) is 11.4. The number of aliphatic imine (C=N–C) groups is 1. The van der Waals surface area contributed by atoms with Crippen LogP contribution in [-0.4, -0.2) is 11.4 Å². The number of hydrogen-bond donors (Lipinski definition) is 3. The average Bonchev–Trinajstić information content (AvgIpc) is 2.68. The largest absolute Gasteiger partial charge is 0.386 e. The van der Waals surface area contributed by atoms with E-state index in [0.29, 0.717) is 0 Å². The molecule has 30 heavy (non-hydrogen) atoms. The van der Waals surface area contributed by atoms with E-state index in [1.165, 1.54) is 17.6 Å². The lowest BCUT2D eigenvalue weighted by molar-refractivity contribution is 0.307. The molecular formula is C26H40N4. The van der Waals surface area contributed by atoms with E-state index in [1.54, 1.807) is 0 Å². The summed E-state index contributed by atoms with van der Waals surface area (Å²) in [4.78, 5) is 4.97. The highest BCUT2D eigenvalue weighted by molar-refractivity contribution is 6.00. The second-order valence-electron chi connectivity index (χ2n) is 8.33. The molecule has 1 aliphatic carbocycles. The molecular weight excluding hydrogens is 368 g/mol. The van der Waals surface area contributed by atoms with Crippen molar-refractivity contribution in [1.29, 1.82) is 0 Å². The van der Waals surface area contributed by atoms with Crippen LogP contribution in [0.25, 0.3) is 5.70 Å². The molecule has 0 aliphatic heterocycles. The minimum atomic E-state index is -0.321. The van der Waals surface area contributed by atoms with E-state index in [4.69, 9.17) is 10.7 Å². The van der Waals surface area contributed by atoms with Gasteiger partial charge in [-0.2, -0.15) is 0 Å². The first-order valence-electron chi connectivity index (χ1n) is 11.4. The van der Waals surface area contributed by atoms with E-state index in [0.717, 1.165) is 60.6 Å². The molecule has 1 fully saturated rings. The summed E-state index contributed by atoms with van der Waals surface area (Å²) in [6, 6.07) is 8.62. The number of nitrogens with one attached hydrogen (secondary N) is 2. The highest BCUT2D eigenvalue weighted by atomic mass is 15.2. The fraction of sp³-hybridized carbons (Fsp3) is 0.500. The summed E-state index contributed by atoms with van der Waals surface area (Å²) in [5.74, 6) is 0.834. The SMILES string of the molecule is C/C=C(NC(C)(CCC)NC(N)=C1CCC1)/C(C)=N/C(=C\C)c1cccc(CC)c1. The molecule has 0 aromatic heterocycles. The quantitative estimate of drug-likeness (QED) is 0.327. The van der Waals surface area contributed by atoms with Crippen molar-refractivity contribution in [1.82, 2.24) is 10.6 Å². The molecule has 1 saturated carbocycles. The van der Waals surface area contributed by atoms with E-state index in [2.05, 4.69) is 81.7 Å². The second-order valence-corrected chi connectivity index (χ2v) is 8.33. The first-order chi connectivity index (χ1) is 14.4. The van der Waals surface area contributed by atoms with Crippen LogP contribution in [0.2, 0.25) is 0 Å². The van der Waals surface area contributed by atoms with Gasteiger partial charge in [-0.3, -0.25) is 4.99 Å². The number of hydrogen-bond acceptors (Lipinski definition) is 4. The number of allylic oxidation sites excluding steroid dienone is 4. The maximum atomic E-state index is 6.36. The van der Waals surface area contributed by atoms with Crippen molar-refractivity contribution in [2.75, 3.05) is 0 Å². The molecule has 4 heteroatoms. The summed E-state index contributed by atoms with van der Waals surface area (Å²) in [7, 11) is 0. The Morgan fingerprint density at radius 2 is 1.90 bits per heavy atom. The molecule has 2 rings (SSSR count). The number of nitrogens with zero attached hydrogens (tertiary/aromatic N) is 1. The van der Waals surface area contributed by atoms with Crippen molar-refractivity contribution in [3.63, 3.8) is 0 Å². The van der Waals surface area contributed by atoms with Crippen LogP contribution < -0.4 is 16.4 Å². The average molecular weight is 409 g/mol. The fourth-order valence-corrected chi connectivity index (χ4v) is 3.82. The lowest BCUT2D eigenvalue weighted by atomic mass is 9.92. The monoisotopic (exact) mass is 408 g/mol. The van der Waals surface area contributed by atoms with Crippen LogP contribution in [0, 0.1) is 0 Å². The lowest BCUT2D eigenvalue weighted by Gasteiger charge is -2.36. The maximum absolute atomic E-state index is 6.36. The summed E-state index contributed by atoms with van der Waals surface area (Å²) in [5, 5.41) is 7.26. The number of aryl methyl sites for hydroxylation is 1. The van der Waals surface area contributed by atoms with Crippen LogP contribution >= 0.6 is 0 Å². The Hall–Kier alpha value is -2.49. The lowest BCUT2D eigenvalue weighted by Crippen LogP contribution is -2.55. The fourth-order valence-electron chi connectivity index (χ4n) is 3.82. The Balaban J connectivity index is 2.24. The van der Waals surface area contributed by atoms with Crippen LogP contribution in [0.1, 0.15) is 84.8 Å². The maximum Gasteiger partial charge on any atom is 0.106 e. The van der Waals surface area contributed by atoms with Gasteiger partial charge in [-0.15, -0.1) is 0 Å². The van der Waals surface area contributed by atoms with Gasteiger partial charge < -0.3 is 16.4 Å². The zero-order valence-electron chi connectivity index (χ0n) is 19.7. The van der Waals surface area contributed by atoms with Crippen molar-refractivity contribution in [3.05, 3.63) is 64.6 Å². The van der Waals surface area contributed by atoms with Gasteiger partial charge in [0.1, 0.15) is 5.66 Å².